The van der Waals surface area contributed by atoms with Gasteiger partial charge >= 0.3 is 13.5 Å². The molecule has 7 heteroatoms. The molecular weight excluding hydrogens is 308 g/mol. The van der Waals surface area contributed by atoms with Gasteiger partial charge in [0.05, 0.1) is 11.8 Å². The summed E-state index contributed by atoms with van der Waals surface area (Å²) in [4.78, 5) is 11.7. The van der Waals surface area contributed by atoms with Gasteiger partial charge in [0.1, 0.15) is 17.6 Å². The van der Waals surface area contributed by atoms with Crippen molar-refractivity contribution in [1.29, 1.82) is 0 Å². The van der Waals surface area contributed by atoms with E-state index in [-0.39, 0.29) is 12.4 Å². The van der Waals surface area contributed by atoms with Crippen molar-refractivity contribution in [2.75, 3.05) is 6.61 Å². The van der Waals surface area contributed by atoms with E-state index in [9.17, 15) is 13.8 Å². The Morgan fingerprint density at radius 2 is 2.05 bits per heavy atom. The molecule has 124 valence electrons. The Bertz CT molecular complexity index is 571. The van der Waals surface area contributed by atoms with Crippen LogP contribution >= 0.6 is 7.52 Å². The van der Waals surface area contributed by atoms with Gasteiger partial charge in [0.25, 0.3) is 0 Å². The van der Waals surface area contributed by atoms with Crippen LogP contribution in [0.1, 0.15) is 34.6 Å². The lowest BCUT2D eigenvalue weighted by Crippen LogP contribution is -2.39. The number of nitrogens with one attached hydrogen (secondary N) is 1. The second-order valence-electron chi connectivity index (χ2n) is 5.87. The Morgan fingerprint density at radius 1 is 1.41 bits per heavy atom. The Morgan fingerprint density at radius 3 is 2.55 bits per heavy atom. The van der Waals surface area contributed by atoms with Crippen LogP contribution in [0.5, 0.6) is 5.75 Å². The lowest BCUT2D eigenvalue weighted by atomic mass is 10.3. The maximum absolute atomic E-state index is 13.3. The first-order valence-electron chi connectivity index (χ1n) is 7.09. The summed E-state index contributed by atoms with van der Waals surface area (Å²) in [5.41, 5.74) is 0. The number of esters is 1. The van der Waals surface area contributed by atoms with E-state index in [1.165, 1.54) is 18.2 Å². The quantitative estimate of drug-likeness (QED) is 0.635. The summed E-state index contributed by atoms with van der Waals surface area (Å²) < 4.78 is 36.9. The number of rotatable bonds is 6. The number of hydrogen-bond donors (Lipinski definition) is 1. The van der Waals surface area contributed by atoms with E-state index in [2.05, 4.69) is 5.09 Å². The molecule has 1 aromatic rings. The molecule has 1 N–H and O–H groups in total. The summed E-state index contributed by atoms with van der Waals surface area (Å²) in [5.74, 6) is -0.868. The minimum Gasteiger partial charge on any atom is -0.465 e. The van der Waals surface area contributed by atoms with Crippen molar-refractivity contribution in [2.24, 2.45) is 0 Å². The number of carbonyl (C=O) groups is 1. The van der Waals surface area contributed by atoms with Gasteiger partial charge < -0.3 is 9.26 Å². The van der Waals surface area contributed by atoms with Crippen molar-refractivity contribution >= 4 is 13.5 Å². The molecule has 22 heavy (non-hydrogen) atoms. The van der Waals surface area contributed by atoms with E-state index < -0.39 is 30.5 Å². The molecule has 0 aliphatic carbocycles. The van der Waals surface area contributed by atoms with Gasteiger partial charge in [-0.3, -0.25) is 9.36 Å². The van der Waals surface area contributed by atoms with Crippen molar-refractivity contribution in [1.82, 2.24) is 5.09 Å². The third-order valence-electron chi connectivity index (χ3n) is 2.92. The normalized spacial score (nSPS) is 15.7. The molecule has 0 aromatic heterocycles. The van der Waals surface area contributed by atoms with Gasteiger partial charge in [0.2, 0.25) is 0 Å². The standard InChI is InChI=1S/C15H23FNO4P/c1-6-20-14(18)11(2)17-22(19,15(3,4)5)21-13-9-7-8-12(16)10-13/h7-11H,6H2,1-5H3,(H,17,19)/t11-,22+/m0/s1. The number of halogens is 1. The van der Waals surface area contributed by atoms with E-state index in [0.717, 1.165) is 6.07 Å². The van der Waals surface area contributed by atoms with E-state index >= 15 is 0 Å². The first kappa shape index (κ1) is 18.7. The molecule has 0 aliphatic rings. The summed E-state index contributed by atoms with van der Waals surface area (Å²) in [6.07, 6.45) is 0. The maximum atomic E-state index is 13.3. The van der Waals surface area contributed by atoms with Crippen LogP contribution < -0.4 is 9.61 Å². The second-order valence-corrected chi connectivity index (χ2v) is 8.76. The SMILES string of the molecule is CCOC(=O)[C@H](C)N[P@](=O)(Oc1cccc(F)c1)C(C)(C)C. The van der Waals surface area contributed by atoms with Gasteiger partial charge in [-0.15, -0.1) is 0 Å². The predicted octanol–water partition coefficient (Wildman–Crippen LogP) is 3.74. The van der Waals surface area contributed by atoms with Gasteiger partial charge in [-0.1, -0.05) is 6.07 Å². The second kappa shape index (κ2) is 7.25. The summed E-state index contributed by atoms with van der Waals surface area (Å²) >= 11 is 0. The zero-order valence-corrected chi connectivity index (χ0v) is 14.4. The molecule has 1 rings (SSSR count). The van der Waals surface area contributed by atoms with Crippen LogP contribution in [0.25, 0.3) is 0 Å². The summed E-state index contributed by atoms with van der Waals surface area (Å²) in [6.45, 7) is 8.63. The van der Waals surface area contributed by atoms with Crippen molar-refractivity contribution in [3.63, 3.8) is 0 Å². The number of carbonyl (C=O) groups excluding carboxylic acids is 1. The minimum atomic E-state index is -3.50. The largest absolute Gasteiger partial charge is 0.465 e. The molecule has 1 aromatic carbocycles. The fraction of sp³-hybridized carbons (Fsp3) is 0.533. The molecule has 0 saturated heterocycles. The Labute approximate surface area is 130 Å². The molecule has 0 amide bonds. The lowest BCUT2D eigenvalue weighted by Gasteiger charge is -2.32. The third kappa shape index (κ3) is 4.82. The summed E-state index contributed by atoms with van der Waals surface area (Å²) in [7, 11) is -3.50. The van der Waals surface area contributed by atoms with Crippen LogP contribution in [-0.2, 0) is 14.1 Å². The molecule has 2 atom stereocenters. The van der Waals surface area contributed by atoms with Gasteiger partial charge in [0.15, 0.2) is 0 Å². The Kier molecular flexibility index (Phi) is 6.15. The fourth-order valence-corrected chi connectivity index (χ4v) is 3.34. The molecule has 0 fully saturated rings. The van der Waals surface area contributed by atoms with Crippen LogP contribution in [0, 0.1) is 5.82 Å². The smallest absolute Gasteiger partial charge is 0.323 e. The molecular formula is C15H23FNO4P. The minimum absolute atomic E-state index is 0.141. The van der Waals surface area contributed by atoms with E-state index in [4.69, 9.17) is 9.26 Å². The first-order valence-corrected chi connectivity index (χ1v) is 8.71. The molecule has 0 unspecified atom stereocenters. The van der Waals surface area contributed by atoms with Gasteiger partial charge in [-0.05, 0) is 46.8 Å². The summed E-state index contributed by atoms with van der Waals surface area (Å²) in [5, 5.41) is 1.93. The molecule has 0 aliphatic heterocycles. The molecule has 0 saturated carbocycles. The van der Waals surface area contributed by atoms with Gasteiger partial charge in [-0.25, -0.2) is 9.48 Å². The van der Waals surface area contributed by atoms with E-state index in [1.807, 2.05) is 0 Å². The average molecular weight is 331 g/mol. The number of ether oxygens (including phenoxy) is 1. The van der Waals surface area contributed by atoms with Crippen LogP contribution in [0.2, 0.25) is 0 Å². The monoisotopic (exact) mass is 331 g/mol. The van der Waals surface area contributed by atoms with Gasteiger partial charge in [0, 0.05) is 6.07 Å². The van der Waals surface area contributed by atoms with Crippen molar-refractivity contribution in [2.45, 2.75) is 45.8 Å². The van der Waals surface area contributed by atoms with Crippen molar-refractivity contribution < 1.29 is 23.0 Å². The molecule has 5 nitrogen and oxygen atoms in total. The number of hydrogen-bond acceptors (Lipinski definition) is 4. The van der Waals surface area contributed by atoms with E-state index in [1.54, 1.807) is 34.6 Å². The molecule has 0 bridgehead atoms. The van der Waals surface area contributed by atoms with Crippen LogP contribution in [0.3, 0.4) is 0 Å². The highest BCUT2D eigenvalue weighted by Gasteiger charge is 2.42. The zero-order valence-electron chi connectivity index (χ0n) is 13.6. The van der Waals surface area contributed by atoms with Gasteiger partial charge in [-0.2, -0.15) is 0 Å². The predicted molar refractivity (Wildman–Crippen MR) is 83.6 cm³/mol. The Balaban J connectivity index is 3.01. The molecule has 0 radical (unpaired) electrons. The fourth-order valence-electron chi connectivity index (χ4n) is 1.60. The molecule has 0 heterocycles. The van der Waals surface area contributed by atoms with Crippen LogP contribution in [0.15, 0.2) is 24.3 Å². The zero-order chi connectivity index (χ0) is 17.0. The molecule has 0 spiro atoms. The van der Waals surface area contributed by atoms with E-state index in [0.29, 0.717) is 0 Å². The van der Waals surface area contributed by atoms with Crippen molar-refractivity contribution in [3.05, 3.63) is 30.1 Å². The summed E-state index contributed by atoms with van der Waals surface area (Å²) in [6, 6.07) is 4.59. The van der Waals surface area contributed by atoms with Crippen molar-refractivity contribution in [3.8, 4) is 5.75 Å². The van der Waals surface area contributed by atoms with Crippen LogP contribution in [-0.4, -0.2) is 23.8 Å². The maximum Gasteiger partial charge on any atom is 0.323 e. The number of benzene rings is 1. The highest BCUT2D eigenvalue weighted by Crippen LogP contribution is 2.55. The highest BCUT2D eigenvalue weighted by atomic mass is 31.2. The topological polar surface area (TPSA) is 64.6 Å². The third-order valence-corrected chi connectivity index (χ3v) is 5.88. The van der Waals surface area contributed by atoms with Crippen LogP contribution in [0.4, 0.5) is 4.39 Å². The highest BCUT2D eigenvalue weighted by molar-refractivity contribution is 7.59. The Hall–Kier alpha value is -1.39. The lowest BCUT2D eigenvalue weighted by molar-refractivity contribution is -0.144. The first-order chi connectivity index (χ1) is 10.1. The average Bonchev–Trinajstić information content (AvgIpc) is 2.37.